The zero-order chi connectivity index (χ0) is 15.1. The van der Waals surface area contributed by atoms with Crippen LogP contribution < -0.4 is 15.4 Å². The molecule has 110 valence electrons. The molecule has 0 fully saturated rings. The smallest absolute Gasteiger partial charge is 0.320 e. The molecule has 0 bridgehead atoms. The maximum atomic E-state index is 11.8. The lowest BCUT2D eigenvalue weighted by molar-refractivity contribution is 0.251. The van der Waals surface area contributed by atoms with Crippen molar-refractivity contribution in [1.82, 2.24) is 10.3 Å². The highest BCUT2D eigenvalue weighted by atomic mass is 16.5. The van der Waals surface area contributed by atoms with Gasteiger partial charge in [0.1, 0.15) is 11.6 Å². The van der Waals surface area contributed by atoms with Gasteiger partial charge in [-0.05, 0) is 43.2 Å². The summed E-state index contributed by atoms with van der Waals surface area (Å²) in [6.45, 7) is 4.93. The van der Waals surface area contributed by atoms with E-state index in [1.54, 1.807) is 6.20 Å². The van der Waals surface area contributed by atoms with Crippen molar-refractivity contribution in [2.24, 2.45) is 0 Å². The highest BCUT2D eigenvalue weighted by Crippen LogP contribution is 2.12. The van der Waals surface area contributed by atoms with Crippen LogP contribution in [0.25, 0.3) is 0 Å². The van der Waals surface area contributed by atoms with Crippen LogP contribution in [0.3, 0.4) is 0 Å². The predicted molar refractivity (Wildman–Crippen MR) is 82.4 cm³/mol. The molecule has 0 aliphatic carbocycles. The number of anilines is 1. The molecule has 1 heterocycles. The van der Waals surface area contributed by atoms with Crippen LogP contribution in [0.2, 0.25) is 0 Å². The molecule has 2 rings (SSSR count). The van der Waals surface area contributed by atoms with E-state index in [-0.39, 0.29) is 6.03 Å². The van der Waals surface area contributed by atoms with Crippen LogP contribution in [0.1, 0.15) is 18.1 Å². The molecule has 0 aliphatic rings. The monoisotopic (exact) mass is 285 g/mol. The number of pyridine rings is 1. The van der Waals surface area contributed by atoms with Crippen molar-refractivity contribution in [2.45, 2.75) is 20.4 Å². The average Bonchev–Trinajstić information content (AvgIpc) is 2.49. The summed E-state index contributed by atoms with van der Waals surface area (Å²) in [5.41, 5.74) is 1.93. The molecule has 0 aliphatic heterocycles. The molecule has 0 unspecified atom stereocenters. The van der Waals surface area contributed by atoms with Gasteiger partial charge in [-0.25, -0.2) is 9.78 Å². The number of carbonyl (C=O) groups is 1. The molecular formula is C16H19N3O2. The summed E-state index contributed by atoms with van der Waals surface area (Å²) in [7, 11) is 0. The Hall–Kier alpha value is -2.56. The van der Waals surface area contributed by atoms with Gasteiger partial charge in [0.15, 0.2) is 0 Å². The third-order valence-electron chi connectivity index (χ3n) is 2.93. The summed E-state index contributed by atoms with van der Waals surface area (Å²) in [4.78, 5) is 15.9. The third kappa shape index (κ3) is 4.49. The Bertz CT molecular complexity index is 597. The summed E-state index contributed by atoms with van der Waals surface area (Å²) < 4.78 is 5.37. The van der Waals surface area contributed by atoms with Gasteiger partial charge in [0.25, 0.3) is 0 Å². The fourth-order valence-electron chi connectivity index (χ4n) is 1.82. The van der Waals surface area contributed by atoms with Gasteiger partial charge in [-0.2, -0.15) is 0 Å². The normalized spacial score (nSPS) is 10.0. The number of ether oxygens (including phenoxy) is 1. The number of rotatable bonds is 5. The van der Waals surface area contributed by atoms with Gasteiger partial charge >= 0.3 is 6.03 Å². The Morgan fingerprint density at radius 3 is 2.67 bits per heavy atom. The van der Waals surface area contributed by atoms with E-state index in [1.165, 1.54) is 0 Å². The number of nitrogens with zero attached hydrogens (tertiary/aromatic N) is 1. The number of hydrogen-bond acceptors (Lipinski definition) is 3. The molecule has 2 N–H and O–H groups in total. The van der Waals surface area contributed by atoms with Crippen molar-refractivity contribution in [2.75, 3.05) is 11.9 Å². The summed E-state index contributed by atoms with van der Waals surface area (Å²) in [5.74, 6) is 1.40. The Labute approximate surface area is 124 Å². The number of hydrogen-bond donors (Lipinski definition) is 2. The molecule has 0 atom stereocenters. The number of urea groups is 1. The van der Waals surface area contributed by atoms with E-state index in [9.17, 15) is 4.79 Å². The average molecular weight is 285 g/mol. The molecule has 2 aromatic rings. The van der Waals surface area contributed by atoms with E-state index >= 15 is 0 Å². The van der Waals surface area contributed by atoms with Crippen LogP contribution >= 0.6 is 0 Å². The summed E-state index contributed by atoms with van der Waals surface area (Å²) >= 11 is 0. The van der Waals surface area contributed by atoms with Crippen molar-refractivity contribution in [3.8, 4) is 5.75 Å². The second-order valence-corrected chi connectivity index (χ2v) is 4.55. The molecule has 1 aromatic heterocycles. The van der Waals surface area contributed by atoms with E-state index in [1.807, 2.05) is 50.2 Å². The van der Waals surface area contributed by atoms with Gasteiger partial charge in [-0.3, -0.25) is 5.32 Å². The first-order valence-corrected chi connectivity index (χ1v) is 6.87. The molecule has 5 heteroatoms. The minimum absolute atomic E-state index is 0.273. The number of aryl methyl sites for hydroxylation is 1. The lowest BCUT2D eigenvalue weighted by Gasteiger charge is -2.09. The Balaban J connectivity index is 1.85. The second-order valence-electron chi connectivity index (χ2n) is 4.55. The first-order chi connectivity index (χ1) is 10.2. The predicted octanol–water partition coefficient (Wildman–Crippen LogP) is 3.11. The lowest BCUT2D eigenvalue weighted by Crippen LogP contribution is -2.28. The lowest BCUT2D eigenvalue weighted by atomic mass is 10.2. The summed E-state index contributed by atoms with van der Waals surface area (Å²) in [5, 5.41) is 5.52. The Kier molecular flexibility index (Phi) is 5.15. The fourth-order valence-corrected chi connectivity index (χ4v) is 1.82. The van der Waals surface area contributed by atoms with Crippen LogP contribution in [0, 0.1) is 6.92 Å². The maximum absolute atomic E-state index is 11.8. The molecule has 0 saturated heterocycles. The standard InChI is InChI=1S/C16H19N3O2/c1-3-21-14-8-6-13(7-9-14)11-18-16(20)19-15-12(2)5-4-10-17-15/h4-10H,3,11H2,1-2H3,(H2,17,18,19,20). The van der Waals surface area contributed by atoms with Gasteiger partial charge in [0.05, 0.1) is 6.61 Å². The van der Waals surface area contributed by atoms with Crippen LogP contribution in [0.5, 0.6) is 5.75 Å². The van der Waals surface area contributed by atoms with Crippen LogP contribution in [-0.2, 0) is 6.54 Å². The number of amides is 2. The molecular weight excluding hydrogens is 266 g/mol. The summed E-state index contributed by atoms with van der Waals surface area (Å²) in [6, 6.07) is 11.1. The first-order valence-electron chi connectivity index (χ1n) is 6.87. The molecule has 21 heavy (non-hydrogen) atoms. The molecule has 0 radical (unpaired) electrons. The van der Waals surface area contributed by atoms with Crippen molar-refractivity contribution in [1.29, 1.82) is 0 Å². The highest BCUT2D eigenvalue weighted by Gasteiger charge is 2.04. The van der Waals surface area contributed by atoms with Gasteiger partial charge in [0.2, 0.25) is 0 Å². The van der Waals surface area contributed by atoms with Crippen molar-refractivity contribution in [3.05, 3.63) is 53.7 Å². The van der Waals surface area contributed by atoms with E-state index in [0.29, 0.717) is 19.0 Å². The van der Waals surface area contributed by atoms with E-state index < -0.39 is 0 Å². The number of carbonyl (C=O) groups excluding carboxylic acids is 1. The highest BCUT2D eigenvalue weighted by molar-refractivity contribution is 5.88. The third-order valence-corrected chi connectivity index (χ3v) is 2.93. The second kappa shape index (κ2) is 7.28. The van der Waals surface area contributed by atoms with Gasteiger partial charge < -0.3 is 10.1 Å². The van der Waals surface area contributed by atoms with Crippen molar-refractivity contribution >= 4 is 11.8 Å². The largest absolute Gasteiger partial charge is 0.494 e. The van der Waals surface area contributed by atoms with Crippen molar-refractivity contribution in [3.63, 3.8) is 0 Å². The van der Waals surface area contributed by atoms with E-state index in [2.05, 4.69) is 15.6 Å². The minimum Gasteiger partial charge on any atom is -0.494 e. The molecule has 0 saturated carbocycles. The SMILES string of the molecule is CCOc1ccc(CNC(=O)Nc2ncccc2C)cc1. The van der Waals surface area contributed by atoms with Gasteiger partial charge in [-0.15, -0.1) is 0 Å². The van der Waals surface area contributed by atoms with E-state index in [0.717, 1.165) is 16.9 Å². The van der Waals surface area contributed by atoms with Crippen molar-refractivity contribution < 1.29 is 9.53 Å². The van der Waals surface area contributed by atoms with Gasteiger partial charge in [0, 0.05) is 12.7 Å². The van der Waals surface area contributed by atoms with Crippen LogP contribution in [0.4, 0.5) is 10.6 Å². The summed E-state index contributed by atoms with van der Waals surface area (Å²) in [6.07, 6.45) is 1.65. The Morgan fingerprint density at radius 1 is 1.24 bits per heavy atom. The Morgan fingerprint density at radius 2 is 2.00 bits per heavy atom. The molecule has 1 aromatic carbocycles. The number of benzene rings is 1. The minimum atomic E-state index is -0.273. The van der Waals surface area contributed by atoms with Crippen LogP contribution in [0.15, 0.2) is 42.6 Å². The number of aromatic nitrogens is 1. The zero-order valence-electron chi connectivity index (χ0n) is 12.2. The topological polar surface area (TPSA) is 63.2 Å². The quantitative estimate of drug-likeness (QED) is 0.887. The van der Waals surface area contributed by atoms with E-state index in [4.69, 9.17) is 4.74 Å². The molecule has 5 nitrogen and oxygen atoms in total. The zero-order valence-corrected chi connectivity index (χ0v) is 12.2. The molecule has 0 spiro atoms. The van der Waals surface area contributed by atoms with Gasteiger partial charge in [-0.1, -0.05) is 18.2 Å². The number of nitrogens with one attached hydrogen (secondary N) is 2. The fraction of sp³-hybridized carbons (Fsp3) is 0.250. The molecule has 2 amide bonds. The maximum Gasteiger partial charge on any atom is 0.320 e. The first kappa shape index (κ1) is 14.8. The van der Waals surface area contributed by atoms with Crippen LogP contribution in [-0.4, -0.2) is 17.6 Å².